The minimum Gasteiger partial charge on any atom is -0.459 e. The Morgan fingerprint density at radius 3 is 2.62 bits per heavy atom. The summed E-state index contributed by atoms with van der Waals surface area (Å²) in [6.07, 6.45) is 6.49. The predicted molar refractivity (Wildman–Crippen MR) is 118 cm³/mol. The summed E-state index contributed by atoms with van der Waals surface area (Å²) in [4.78, 5) is 26.8. The van der Waals surface area contributed by atoms with E-state index in [0.717, 1.165) is 16.1 Å². The summed E-state index contributed by atoms with van der Waals surface area (Å²) in [6.45, 7) is 1.87. The lowest BCUT2D eigenvalue weighted by Gasteiger charge is -2.14. The molecule has 7 heteroatoms. The highest BCUT2D eigenvalue weighted by Crippen LogP contribution is 2.38. The minimum atomic E-state index is -0.332. The van der Waals surface area contributed by atoms with Crippen LogP contribution in [0, 0.1) is 6.92 Å². The number of benzene rings is 1. The van der Waals surface area contributed by atoms with Gasteiger partial charge in [0.1, 0.15) is 0 Å². The normalized spacial score (nSPS) is 14.1. The number of hydrogen-bond donors (Lipinski definition) is 2. The average molecular weight is 427 g/mol. The number of para-hydroxylation sites is 1. The van der Waals surface area contributed by atoms with Gasteiger partial charge in [0.2, 0.25) is 0 Å². The quantitative estimate of drug-likeness (QED) is 0.493. The molecule has 3 aromatic rings. The lowest BCUT2D eigenvalue weighted by molar-refractivity contribution is 0.0995. The number of thiophene rings is 1. The Bertz CT molecular complexity index is 1010. The molecule has 2 N–H and O–H groups in total. The molecule has 2 aromatic heterocycles. The average Bonchev–Trinajstić information content (AvgIpc) is 3.45. The third-order valence-corrected chi connectivity index (χ3v) is 7.40. The number of aryl methyl sites for hydroxylation is 1. The fraction of sp³-hybridized carbons (Fsp3) is 0.273. The number of rotatable bonds is 6. The van der Waals surface area contributed by atoms with Crippen molar-refractivity contribution < 1.29 is 14.0 Å². The van der Waals surface area contributed by atoms with E-state index in [2.05, 4.69) is 16.7 Å². The molecule has 1 aliphatic carbocycles. The Labute approximate surface area is 177 Å². The molecule has 1 saturated carbocycles. The molecular weight excluding hydrogens is 404 g/mol. The van der Waals surface area contributed by atoms with Crippen LogP contribution in [0.5, 0.6) is 0 Å². The second kappa shape index (κ2) is 8.88. The number of amides is 2. The highest BCUT2D eigenvalue weighted by molar-refractivity contribution is 8.00. The van der Waals surface area contributed by atoms with E-state index in [9.17, 15) is 9.59 Å². The van der Waals surface area contributed by atoms with E-state index < -0.39 is 0 Å². The molecular formula is C22H22N2O3S2. The standard InChI is InChI=1S/C22H22N2O3S2/c1-14-13-19(24-21(25)17-10-6-12-27-17)29-20(14)22(26)23-16-9-4-5-11-18(16)28-15-7-2-3-8-15/h4-6,9-13,15H,2-3,7-8H2,1H3,(H,23,26)(H,24,25). The molecule has 0 atom stereocenters. The second-order valence-electron chi connectivity index (χ2n) is 7.03. The summed E-state index contributed by atoms with van der Waals surface area (Å²) in [6, 6.07) is 13.0. The zero-order valence-electron chi connectivity index (χ0n) is 16.1. The molecule has 0 radical (unpaired) electrons. The molecule has 1 fully saturated rings. The first-order valence-electron chi connectivity index (χ1n) is 9.62. The van der Waals surface area contributed by atoms with Gasteiger partial charge in [0.25, 0.3) is 11.8 Å². The highest BCUT2D eigenvalue weighted by atomic mass is 32.2. The van der Waals surface area contributed by atoms with Gasteiger partial charge in [-0.1, -0.05) is 25.0 Å². The van der Waals surface area contributed by atoms with Crippen LogP contribution in [0.15, 0.2) is 58.0 Å². The largest absolute Gasteiger partial charge is 0.459 e. The van der Waals surface area contributed by atoms with Crippen LogP contribution in [0.4, 0.5) is 10.7 Å². The summed E-state index contributed by atoms with van der Waals surface area (Å²) in [5, 5.41) is 7.08. The van der Waals surface area contributed by atoms with Crippen LogP contribution < -0.4 is 10.6 Å². The van der Waals surface area contributed by atoms with Gasteiger partial charge in [-0.25, -0.2) is 0 Å². The SMILES string of the molecule is Cc1cc(NC(=O)c2ccco2)sc1C(=O)Nc1ccccc1SC1CCCC1. The van der Waals surface area contributed by atoms with E-state index in [0.29, 0.717) is 15.1 Å². The lowest BCUT2D eigenvalue weighted by atomic mass is 10.2. The number of thioether (sulfide) groups is 1. The molecule has 2 heterocycles. The number of hydrogen-bond acceptors (Lipinski definition) is 5. The molecule has 0 bridgehead atoms. The van der Waals surface area contributed by atoms with Gasteiger partial charge >= 0.3 is 0 Å². The van der Waals surface area contributed by atoms with Crippen molar-refractivity contribution in [2.45, 2.75) is 42.8 Å². The Morgan fingerprint density at radius 2 is 1.86 bits per heavy atom. The van der Waals surface area contributed by atoms with Gasteiger partial charge in [0, 0.05) is 10.1 Å². The first kappa shape index (κ1) is 19.8. The van der Waals surface area contributed by atoms with Crippen LogP contribution >= 0.6 is 23.1 Å². The molecule has 4 rings (SSSR count). The number of anilines is 2. The van der Waals surface area contributed by atoms with E-state index in [-0.39, 0.29) is 17.6 Å². The fourth-order valence-electron chi connectivity index (χ4n) is 3.39. The van der Waals surface area contributed by atoms with E-state index in [1.165, 1.54) is 43.3 Å². The smallest absolute Gasteiger partial charge is 0.291 e. The van der Waals surface area contributed by atoms with Crippen molar-refractivity contribution in [1.29, 1.82) is 0 Å². The molecule has 0 aliphatic heterocycles. The van der Waals surface area contributed by atoms with Gasteiger partial charge < -0.3 is 15.1 Å². The third kappa shape index (κ3) is 4.74. The van der Waals surface area contributed by atoms with Crippen LogP contribution in [-0.2, 0) is 0 Å². The number of furan rings is 1. The maximum atomic E-state index is 12.9. The first-order valence-corrected chi connectivity index (χ1v) is 11.3. The van der Waals surface area contributed by atoms with Crippen molar-refractivity contribution in [2.75, 3.05) is 10.6 Å². The molecule has 0 spiro atoms. The van der Waals surface area contributed by atoms with Gasteiger partial charge in [-0.15, -0.1) is 23.1 Å². The Morgan fingerprint density at radius 1 is 1.07 bits per heavy atom. The predicted octanol–water partition coefficient (Wildman–Crippen LogP) is 6.19. The molecule has 29 heavy (non-hydrogen) atoms. The van der Waals surface area contributed by atoms with Gasteiger partial charge in [-0.2, -0.15) is 0 Å². The van der Waals surface area contributed by atoms with Crippen LogP contribution in [0.3, 0.4) is 0 Å². The van der Waals surface area contributed by atoms with Crippen LogP contribution in [0.1, 0.15) is 51.5 Å². The van der Waals surface area contributed by atoms with E-state index in [1.807, 2.05) is 36.9 Å². The topological polar surface area (TPSA) is 71.3 Å². The summed E-state index contributed by atoms with van der Waals surface area (Å²) in [7, 11) is 0. The van der Waals surface area contributed by atoms with E-state index >= 15 is 0 Å². The molecule has 0 unspecified atom stereocenters. The van der Waals surface area contributed by atoms with E-state index in [4.69, 9.17) is 4.42 Å². The van der Waals surface area contributed by atoms with Gasteiger partial charge in [0.05, 0.1) is 21.8 Å². The Hall–Kier alpha value is -2.51. The van der Waals surface area contributed by atoms with Crippen molar-refractivity contribution in [3.8, 4) is 0 Å². The summed E-state index contributed by atoms with van der Waals surface area (Å²) < 4.78 is 5.11. The number of carbonyl (C=O) groups is 2. The number of carbonyl (C=O) groups excluding carboxylic acids is 2. The van der Waals surface area contributed by atoms with Crippen molar-refractivity contribution >= 4 is 45.6 Å². The zero-order valence-corrected chi connectivity index (χ0v) is 17.7. The van der Waals surface area contributed by atoms with Gasteiger partial charge in [0.15, 0.2) is 5.76 Å². The van der Waals surface area contributed by atoms with Crippen LogP contribution in [-0.4, -0.2) is 17.1 Å². The van der Waals surface area contributed by atoms with E-state index in [1.54, 1.807) is 18.2 Å². The number of nitrogens with one attached hydrogen (secondary N) is 2. The summed E-state index contributed by atoms with van der Waals surface area (Å²) >= 11 is 3.11. The molecule has 150 valence electrons. The molecule has 1 aromatic carbocycles. The third-order valence-electron chi connectivity index (χ3n) is 4.84. The zero-order chi connectivity index (χ0) is 20.2. The van der Waals surface area contributed by atoms with Crippen LogP contribution in [0.2, 0.25) is 0 Å². The van der Waals surface area contributed by atoms with Crippen molar-refractivity contribution in [2.24, 2.45) is 0 Å². The van der Waals surface area contributed by atoms with Gasteiger partial charge in [-0.05, 0) is 55.7 Å². The highest BCUT2D eigenvalue weighted by Gasteiger charge is 2.20. The summed E-state index contributed by atoms with van der Waals surface area (Å²) in [5.74, 6) is -0.257. The maximum Gasteiger partial charge on any atom is 0.291 e. The summed E-state index contributed by atoms with van der Waals surface area (Å²) in [5.41, 5.74) is 1.66. The van der Waals surface area contributed by atoms with Crippen molar-refractivity contribution in [1.82, 2.24) is 0 Å². The van der Waals surface area contributed by atoms with Crippen molar-refractivity contribution in [3.05, 3.63) is 64.9 Å². The minimum absolute atomic E-state index is 0.162. The Kier molecular flexibility index (Phi) is 6.06. The molecule has 5 nitrogen and oxygen atoms in total. The Balaban J connectivity index is 1.46. The molecule has 1 aliphatic rings. The maximum absolute atomic E-state index is 12.9. The first-order chi connectivity index (χ1) is 14.1. The fourth-order valence-corrected chi connectivity index (χ4v) is 5.68. The monoisotopic (exact) mass is 426 g/mol. The van der Waals surface area contributed by atoms with Gasteiger partial charge in [-0.3, -0.25) is 9.59 Å². The van der Waals surface area contributed by atoms with Crippen molar-refractivity contribution in [3.63, 3.8) is 0 Å². The second-order valence-corrected chi connectivity index (χ2v) is 9.42. The molecule has 2 amide bonds. The molecule has 0 saturated heterocycles. The lowest BCUT2D eigenvalue weighted by Crippen LogP contribution is -2.12. The van der Waals surface area contributed by atoms with Crippen LogP contribution in [0.25, 0.3) is 0 Å².